The molecule has 0 unspecified atom stereocenters. The van der Waals surface area contributed by atoms with Gasteiger partial charge >= 0.3 is 0 Å². The van der Waals surface area contributed by atoms with Gasteiger partial charge in [0.15, 0.2) is 0 Å². The summed E-state index contributed by atoms with van der Waals surface area (Å²) in [5, 5.41) is 0.0770. The largest absolute Gasteiger partial charge is 0.325 e. The lowest BCUT2D eigenvalue weighted by Crippen LogP contribution is -2.17. The first-order valence-corrected chi connectivity index (χ1v) is 7.86. The summed E-state index contributed by atoms with van der Waals surface area (Å²) in [6.07, 6.45) is 3.60. The molecule has 0 radical (unpaired) electrons. The zero-order valence-corrected chi connectivity index (χ0v) is 12.3. The Labute approximate surface area is 118 Å². The molecule has 6 heteroatoms. The highest BCUT2D eigenvalue weighted by Gasteiger charge is 2.30. The SMILES string of the molecule is CC[C@@H](c1ccc(Cl)cc1)S(=O)(=O)c1nccn1C. The molecule has 19 heavy (non-hydrogen) atoms. The van der Waals surface area contributed by atoms with Crippen molar-refractivity contribution in [1.82, 2.24) is 9.55 Å². The minimum absolute atomic E-state index is 0.0919. The van der Waals surface area contributed by atoms with Crippen LogP contribution < -0.4 is 0 Å². The summed E-state index contributed by atoms with van der Waals surface area (Å²) in [6, 6.07) is 6.90. The summed E-state index contributed by atoms with van der Waals surface area (Å²) in [5.74, 6) is 0. The third kappa shape index (κ3) is 2.67. The monoisotopic (exact) mass is 298 g/mol. The number of sulfone groups is 1. The van der Waals surface area contributed by atoms with Gasteiger partial charge in [0.1, 0.15) is 0 Å². The number of rotatable bonds is 4. The lowest BCUT2D eigenvalue weighted by molar-refractivity contribution is 0.562. The Morgan fingerprint density at radius 1 is 1.32 bits per heavy atom. The van der Waals surface area contributed by atoms with Crippen LogP contribution in [0.15, 0.2) is 41.8 Å². The number of halogens is 1. The Morgan fingerprint density at radius 3 is 2.42 bits per heavy atom. The zero-order chi connectivity index (χ0) is 14.0. The maximum Gasteiger partial charge on any atom is 0.227 e. The van der Waals surface area contributed by atoms with E-state index in [0.717, 1.165) is 5.56 Å². The molecule has 1 atom stereocenters. The van der Waals surface area contributed by atoms with E-state index in [0.29, 0.717) is 11.4 Å². The van der Waals surface area contributed by atoms with Crippen LogP contribution in [0, 0.1) is 0 Å². The minimum atomic E-state index is -3.50. The topological polar surface area (TPSA) is 52.0 Å². The first-order chi connectivity index (χ1) is 8.96. The van der Waals surface area contributed by atoms with Crippen molar-refractivity contribution in [1.29, 1.82) is 0 Å². The van der Waals surface area contributed by atoms with Crippen molar-refractivity contribution in [2.75, 3.05) is 0 Å². The Morgan fingerprint density at radius 2 is 1.95 bits per heavy atom. The maximum absolute atomic E-state index is 12.6. The fraction of sp³-hybridized carbons (Fsp3) is 0.308. The van der Waals surface area contributed by atoms with Gasteiger partial charge in [-0.2, -0.15) is 0 Å². The van der Waals surface area contributed by atoms with Gasteiger partial charge in [-0.1, -0.05) is 30.7 Å². The second-order valence-corrected chi connectivity index (χ2v) is 6.77. The standard InChI is InChI=1S/C13H15ClN2O2S/c1-3-12(10-4-6-11(14)7-5-10)19(17,18)13-15-8-9-16(13)2/h4-9,12H,3H2,1-2H3/t12-/m0/s1. The van der Waals surface area contributed by atoms with Crippen LogP contribution in [0.5, 0.6) is 0 Å². The summed E-state index contributed by atoms with van der Waals surface area (Å²) in [7, 11) is -1.82. The Kier molecular flexibility index (Phi) is 3.96. The molecule has 0 fully saturated rings. The highest BCUT2D eigenvalue weighted by molar-refractivity contribution is 7.91. The third-order valence-corrected chi connectivity index (χ3v) is 5.53. The molecule has 1 heterocycles. The predicted molar refractivity (Wildman–Crippen MR) is 74.9 cm³/mol. The van der Waals surface area contributed by atoms with Gasteiger partial charge in [-0.15, -0.1) is 0 Å². The van der Waals surface area contributed by atoms with Crippen molar-refractivity contribution in [3.63, 3.8) is 0 Å². The molecule has 1 aromatic heterocycles. The number of imidazole rings is 1. The van der Waals surface area contributed by atoms with Gasteiger partial charge in [-0.05, 0) is 24.1 Å². The lowest BCUT2D eigenvalue weighted by Gasteiger charge is -2.16. The van der Waals surface area contributed by atoms with Gasteiger partial charge in [-0.3, -0.25) is 0 Å². The van der Waals surface area contributed by atoms with Crippen LogP contribution in [0.1, 0.15) is 24.2 Å². The smallest absolute Gasteiger partial charge is 0.227 e. The summed E-state index contributed by atoms with van der Waals surface area (Å²) < 4.78 is 26.8. The van der Waals surface area contributed by atoms with E-state index in [4.69, 9.17) is 11.6 Å². The number of hydrogen-bond acceptors (Lipinski definition) is 3. The molecule has 1 aromatic carbocycles. The molecular formula is C13H15ClN2O2S. The highest BCUT2D eigenvalue weighted by Crippen LogP contribution is 2.31. The maximum atomic E-state index is 12.6. The molecule has 0 saturated heterocycles. The van der Waals surface area contributed by atoms with Crippen LogP contribution in [0.4, 0.5) is 0 Å². The molecule has 0 aliphatic carbocycles. The Balaban J connectivity index is 2.48. The number of aryl methyl sites for hydroxylation is 1. The van der Waals surface area contributed by atoms with Crippen LogP contribution in [0.3, 0.4) is 0 Å². The van der Waals surface area contributed by atoms with Crippen LogP contribution in [0.25, 0.3) is 0 Å². The molecule has 0 aliphatic rings. The van der Waals surface area contributed by atoms with E-state index in [9.17, 15) is 8.42 Å². The van der Waals surface area contributed by atoms with Crippen LogP contribution >= 0.6 is 11.6 Å². The summed E-state index contributed by atoms with van der Waals surface area (Å²) in [4.78, 5) is 3.95. The molecule has 4 nitrogen and oxygen atoms in total. The highest BCUT2D eigenvalue weighted by atomic mass is 35.5. The zero-order valence-electron chi connectivity index (χ0n) is 10.7. The van der Waals surface area contributed by atoms with E-state index >= 15 is 0 Å². The molecule has 102 valence electrons. The van der Waals surface area contributed by atoms with Crippen molar-refractivity contribution in [3.8, 4) is 0 Å². The quantitative estimate of drug-likeness (QED) is 0.872. The molecule has 0 N–H and O–H groups in total. The fourth-order valence-corrected chi connectivity index (χ4v) is 4.07. The van der Waals surface area contributed by atoms with E-state index < -0.39 is 15.1 Å². The molecule has 2 rings (SSSR count). The van der Waals surface area contributed by atoms with Crippen LogP contribution in [-0.4, -0.2) is 18.0 Å². The molecule has 0 bridgehead atoms. The summed E-state index contributed by atoms with van der Waals surface area (Å²) in [6.45, 7) is 1.85. The van der Waals surface area contributed by atoms with E-state index in [1.54, 1.807) is 37.5 Å². The number of aromatic nitrogens is 2. The third-order valence-electron chi connectivity index (χ3n) is 3.02. The molecule has 2 aromatic rings. The van der Waals surface area contributed by atoms with Gasteiger partial charge in [0.05, 0.1) is 5.25 Å². The van der Waals surface area contributed by atoms with Gasteiger partial charge in [0, 0.05) is 24.5 Å². The first-order valence-electron chi connectivity index (χ1n) is 5.93. The normalized spacial score (nSPS) is 13.4. The summed E-state index contributed by atoms with van der Waals surface area (Å²) >= 11 is 5.83. The van der Waals surface area contributed by atoms with Crippen molar-refractivity contribution >= 4 is 21.4 Å². The Bertz CT molecular complexity index is 662. The second kappa shape index (κ2) is 5.35. The predicted octanol–water partition coefficient (Wildman–Crippen LogP) is 3.00. The van der Waals surface area contributed by atoms with E-state index in [1.165, 1.54) is 10.8 Å². The van der Waals surface area contributed by atoms with Gasteiger partial charge in [-0.25, -0.2) is 13.4 Å². The average Bonchev–Trinajstić information content (AvgIpc) is 2.79. The van der Waals surface area contributed by atoms with Crippen molar-refractivity contribution in [3.05, 3.63) is 47.2 Å². The van der Waals surface area contributed by atoms with Crippen LogP contribution in [0.2, 0.25) is 5.02 Å². The fourth-order valence-electron chi connectivity index (χ4n) is 2.07. The summed E-state index contributed by atoms with van der Waals surface area (Å²) in [5.41, 5.74) is 0.731. The van der Waals surface area contributed by atoms with E-state index in [1.807, 2.05) is 6.92 Å². The molecule has 0 amide bonds. The molecule has 0 saturated carbocycles. The average molecular weight is 299 g/mol. The second-order valence-electron chi connectivity index (χ2n) is 4.31. The van der Waals surface area contributed by atoms with Gasteiger partial charge in [0.25, 0.3) is 0 Å². The number of benzene rings is 1. The van der Waals surface area contributed by atoms with Gasteiger partial charge in [0.2, 0.25) is 15.0 Å². The molecular weight excluding hydrogens is 284 g/mol. The molecule has 0 spiro atoms. The molecule has 0 aliphatic heterocycles. The van der Waals surface area contributed by atoms with Crippen molar-refractivity contribution in [2.45, 2.75) is 23.8 Å². The minimum Gasteiger partial charge on any atom is -0.325 e. The number of nitrogens with zero attached hydrogens (tertiary/aromatic N) is 2. The van der Waals surface area contributed by atoms with E-state index in [-0.39, 0.29) is 5.16 Å². The van der Waals surface area contributed by atoms with Crippen LogP contribution in [-0.2, 0) is 16.9 Å². The van der Waals surface area contributed by atoms with Gasteiger partial charge < -0.3 is 4.57 Å². The van der Waals surface area contributed by atoms with E-state index in [2.05, 4.69) is 4.98 Å². The lowest BCUT2D eigenvalue weighted by atomic mass is 10.1. The van der Waals surface area contributed by atoms with Crippen molar-refractivity contribution in [2.24, 2.45) is 7.05 Å². The number of hydrogen-bond donors (Lipinski definition) is 0. The van der Waals surface area contributed by atoms with Crippen molar-refractivity contribution < 1.29 is 8.42 Å². The Hall–Kier alpha value is -1.33. The first kappa shape index (κ1) is 14.1.